The lowest BCUT2D eigenvalue weighted by Crippen LogP contribution is -2.56. The lowest BCUT2D eigenvalue weighted by atomic mass is 10.1. The van der Waals surface area contributed by atoms with Gasteiger partial charge in [-0.15, -0.1) is 0 Å². The fraction of sp³-hybridized carbons (Fsp3) is 0.364. The highest BCUT2D eigenvalue weighted by Crippen LogP contribution is 2.22. The zero-order chi connectivity index (χ0) is 20.6. The van der Waals surface area contributed by atoms with Crippen LogP contribution in [0.25, 0.3) is 0 Å². The maximum atomic E-state index is 13.0. The number of hydrogen-bond donors (Lipinski definition) is 2. The lowest BCUT2D eigenvalue weighted by Gasteiger charge is -2.35. The van der Waals surface area contributed by atoms with E-state index in [1.54, 1.807) is 12.1 Å². The fourth-order valence-corrected chi connectivity index (χ4v) is 3.37. The van der Waals surface area contributed by atoms with E-state index in [1.807, 2.05) is 36.1 Å². The Balaban J connectivity index is 1.63. The average molecular weight is 399 g/mol. The molecule has 29 heavy (non-hydrogen) atoms. The minimum Gasteiger partial charge on any atom is -0.494 e. The number of halogens is 1. The number of carbonyl (C=O) groups is 2. The number of rotatable bonds is 8. The van der Waals surface area contributed by atoms with E-state index < -0.39 is 6.04 Å². The molecule has 0 bridgehead atoms. The van der Waals surface area contributed by atoms with Gasteiger partial charge in [-0.2, -0.15) is 0 Å². The molecule has 0 spiro atoms. The molecule has 2 aromatic carbocycles. The van der Waals surface area contributed by atoms with Crippen LogP contribution in [0.4, 0.5) is 4.39 Å². The summed E-state index contributed by atoms with van der Waals surface area (Å²) in [5.74, 6) is 0.101. The summed E-state index contributed by atoms with van der Waals surface area (Å²) in [6.07, 6.45) is 0.0594. The van der Waals surface area contributed by atoms with Crippen molar-refractivity contribution >= 4 is 11.8 Å². The first-order valence-corrected chi connectivity index (χ1v) is 9.80. The fourth-order valence-electron chi connectivity index (χ4n) is 3.37. The molecule has 0 aliphatic carbocycles. The van der Waals surface area contributed by atoms with Gasteiger partial charge in [-0.3, -0.25) is 14.5 Å². The molecule has 1 fully saturated rings. The van der Waals surface area contributed by atoms with Crippen LogP contribution in [0.15, 0.2) is 48.5 Å². The number of nitrogens with zero attached hydrogens (tertiary/aromatic N) is 1. The van der Waals surface area contributed by atoms with Crippen molar-refractivity contribution < 1.29 is 18.7 Å². The Labute approximate surface area is 170 Å². The maximum Gasteiger partial charge on any atom is 0.237 e. The van der Waals surface area contributed by atoms with Crippen LogP contribution in [0.5, 0.6) is 5.75 Å². The molecule has 0 saturated carbocycles. The third-order valence-corrected chi connectivity index (χ3v) is 4.87. The molecule has 1 aliphatic rings. The summed E-state index contributed by atoms with van der Waals surface area (Å²) in [7, 11) is 0. The van der Waals surface area contributed by atoms with Crippen molar-refractivity contribution in [3.63, 3.8) is 0 Å². The van der Waals surface area contributed by atoms with Crippen LogP contribution < -0.4 is 15.4 Å². The average Bonchev–Trinajstić information content (AvgIpc) is 2.72. The number of ether oxygens (including phenoxy) is 1. The second-order valence-corrected chi connectivity index (χ2v) is 6.93. The maximum absolute atomic E-state index is 13.0. The third-order valence-electron chi connectivity index (χ3n) is 4.87. The second kappa shape index (κ2) is 10.0. The molecule has 154 valence electrons. The van der Waals surface area contributed by atoms with Gasteiger partial charge in [0.2, 0.25) is 11.8 Å². The summed E-state index contributed by atoms with van der Waals surface area (Å²) in [5, 5.41) is 5.65. The lowest BCUT2D eigenvalue weighted by molar-refractivity contribution is -0.134. The van der Waals surface area contributed by atoms with Crippen molar-refractivity contribution in [1.82, 2.24) is 15.5 Å². The number of para-hydroxylation sites is 1. The smallest absolute Gasteiger partial charge is 0.237 e. The number of amides is 2. The standard InChI is InChI=1S/C22H26FN3O3/c1-2-29-20-6-4-3-5-17(20)15-26-12-11-24-22(28)19(26)13-21(27)25-14-16-7-9-18(23)10-8-16/h3-10,19H,2,11-15H2,1H3,(H,24,28)(H,25,27). The first kappa shape index (κ1) is 20.8. The summed E-state index contributed by atoms with van der Waals surface area (Å²) in [6, 6.07) is 13.1. The Kier molecular flexibility index (Phi) is 7.19. The molecule has 3 rings (SSSR count). The van der Waals surface area contributed by atoms with Crippen molar-refractivity contribution in [2.45, 2.75) is 32.5 Å². The zero-order valence-electron chi connectivity index (χ0n) is 16.5. The van der Waals surface area contributed by atoms with Crippen molar-refractivity contribution in [1.29, 1.82) is 0 Å². The third kappa shape index (κ3) is 5.77. The highest BCUT2D eigenvalue weighted by atomic mass is 19.1. The Morgan fingerprint density at radius 3 is 2.76 bits per heavy atom. The summed E-state index contributed by atoms with van der Waals surface area (Å²) in [6.45, 7) is 4.51. The SMILES string of the molecule is CCOc1ccccc1CN1CCNC(=O)C1CC(=O)NCc1ccc(F)cc1. The largest absolute Gasteiger partial charge is 0.494 e. The van der Waals surface area contributed by atoms with Crippen molar-refractivity contribution in [3.8, 4) is 5.75 Å². The van der Waals surface area contributed by atoms with Crippen molar-refractivity contribution in [2.75, 3.05) is 19.7 Å². The zero-order valence-corrected chi connectivity index (χ0v) is 16.5. The quantitative estimate of drug-likeness (QED) is 0.714. The topological polar surface area (TPSA) is 70.7 Å². The minimum atomic E-state index is -0.549. The monoisotopic (exact) mass is 399 g/mol. The summed E-state index contributed by atoms with van der Waals surface area (Å²) >= 11 is 0. The van der Waals surface area contributed by atoms with E-state index in [0.29, 0.717) is 32.8 Å². The molecule has 7 heteroatoms. The Morgan fingerprint density at radius 2 is 2.00 bits per heavy atom. The van der Waals surface area contributed by atoms with E-state index in [1.165, 1.54) is 12.1 Å². The number of piperazine rings is 1. The molecule has 6 nitrogen and oxygen atoms in total. The summed E-state index contributed by atoms with van der Waals surface area (Å²) < 4.78 is 18.7. The Morgan fingerprint density at radius 1 is 1.24 bits per heavy atom. The van der Waals surface area contributed by atoms with Crippen LogP contribution in [-0.4, -0.2) is 42.5 Å². The molecule has 2 aromatic rings. The molecule has 1 saturated heterocycles. The van der Waals surface area contributed by atoms with E-state index in [4.69, 9.17) is 4.74 Å². The Bertz CT molecular complexity index is 841. The highest BCUT2D eigenvalue weighted by Gasteiger charge is 2.32. The van der Waals surface area contributed by atoms with Crippen LogP contribution in [-0.2, 0) is 22.7 Å². The first-order valence-electron chi connectivity index (χ1n) is 9.80. The van der Waals surface area contributed by atoms with Gasteiger partial charge in [-0.05, 0) is 30.7 Å². The molecule has 0 aromatic heterocycles. The summed E-state index contributed by atoms with van der Waals surface area (Å²) in [5.41, 5.74) is 1.79. The second-order valence-electron chi connectivity index (χ2n) is 6.93. The highest BCUT2D eigenvalue weighted by molar-refractivity contribution is 5.88. The van der Waals surface area contributed by atoms with Crippen molar-refractivity contribution in [2.24, 2.45) is 0 Å². The molecule has 2 N–H and O–H groups in total. The van der Waals surface area contributed by atoms with Gasteiger partial charge in [0.05, 0.1) is 19.1 Å². The van der Waals surface area contributed by atoms with Gasteiger partial charge in [0.1, 0.15) is 11.6 Å². The first-order chi connectivity index (χ1) is 14.1. The molecule has 1 atom stereocenters. The molecule has 0 radical (unpaired) electrons. The van der Waals surface area contributed by atoms with Crippen LogP contribution in [0.1, 0.15) is 24.5 Å². The Hall–Kier alpha value is -2.93. The molecule has 1 aliphatic heterocycles. The molecule has 1 heterocycles. The van der Waals surface area contributed by atoms with Gasteiger partial charge in [0.15, 0.2) is 0 Å². The molecular weight excluding hydrogens is 373 g/mol. The van der Waals surface area contributed by atoms with E-state index >= 15 is 0 Å². The van der Waals surface area contributed by atoms with E-state index in [-0.39, 0.29) is 24.1 Å². The van der Waals surface area contributed by atoms with Gasteiger partial charge in [-0.1, -0.05) is 30.3 Å². The molecular formula is C22H26FN3O3. The van der Waals surface area contributed by atoms with Gasteiger partial charge in [0, 0.05) is 31.7 Å². The van der Waals surface area contributed by atoms with Gasteiger partial charge >= 0.3 is 0 Å². The molecule has 1 unspecified atom stereocenters. The van der Waals surface area contributed by atoms with Crippen LogP contribution in [0, 0.1) is 5.82 Å². The number of hydrogen-bond acceptors (Lipinski definition) is 4. The van der Waals surface area contributed by atoms with E-state index in [2.05, 4.69) is 10.6 Å². The number of benzene rings is 2. The minimum absolute atomic E-state index is 0.0594. The van der Waals surface area contributed by atoms with E-state index in [0.717, 1.165) is 16.9 Å². The summed E-state index contributed by atoms with van der Waals surface area (Å²) in [4.78, 5) is 26.9. The predicted octanol–water partition coefficient (Wildman–Crippen LogP) is 2.23. The van der Waals surface area contributed by atoms with Crippen LogP contribution in [0.2, 0.25) is 0 Å². The van der Waals surface area contributed by atoms with Gasteiger partial charge < -0.3 is 15.4 Å². The van der Waals surface area contributed by atoms with Gasteiger partial charge in [-0.25, -0.2) is 4.39 Å². The van der Waals surface area contributed by atoms with Crippen LogP contribution in [0.3, 0.4) is 0 Å². The predicted molar refractivity (Wildman–Crippen MR) is 108 cm³/mol. The normalized spacial score (nSPS) is 16.9. The number of carbonyl (C=O) groups excluding carboxylic acids is 2. The van der Waals surface area contributed by atoms with Crippen LogP contribution >= 0.6 is 0 Å². The van der Waals surface area contributed by atoms with Gasteiger partial charge in [0.25, 0.3) is 0 Å². The van der Waals surface area contributed by atoms with E-state index in [9.17, 15) is 14.0 Å². The molecule has 2 amide bonds. The van der Waals surface area contributed by atoms with Crippen molar-refractivity contribution in [3.05, 3.63) is 65.5 Å². The number of nitrogens with one attached hydrogen (secondary N) is 2.